The predicted octanol–water partition coefficient (Wildman–Crippen LogP) is 7.86. The van der Waals surface area contributed by atoms with Gasteiger partial charge in [0.15, 0.2) is 23.5 Å². The van der Waals surface area contributed by atoms with Gasteiger partial charge in [0, 0.05) is 120 Å². The molecule has 3 aromatic rings. The first-order valence-electron chi connectivity index (χ1n) is 48.6. The molecule has 1 aliphatic heterocycles. The number of piperidine rings is 1. The maximum atomic E-state index is 15.1. The van der Waals surface area contributed by atoms with E-state index in [-0.39, 0.29) is 113 Å². The van der Waals surface area contributed by atoms with Crippen LogP contribution < -0.4 is 32.3 Å². The quantitative estimate of drug-likeness (QED) is 0.0147. The van der Waals surface area contributed by atoms with Crippen molar-refractivity contribution >= 4 is 99.8 Å². The highest BCUT2D eigenvalue weighted by Gasteiger charge is 2.44. The van der Waals surface area contributed by atoms with Crippen molar-refractivity contribution in [2.24, 2.45) is 41.2 Å². The van der Waals surface area contributed by atoms with Gasteiger partial charge in [-0.2, -0.15) is 11.8 Å². The van der Waals surface area contributed by atoms with Crippen molar-refractivity contribution in [3.63, 3.8) is 0 Å². The Balaban J connectivity index is 0.0000163. The molecule has 139 heavy (non-hydrogen) atoms. The summed E-state index contributed by atoms with van der Waals surface area (Å²) in [6.07, 6.45) is 4.86. The third-order valence-corrected chi connectivity index (χ3v) is 24.5. The van der Waals surface area contributed by atoms with Gasteiger partial charge in [-0.15, -0.1) is 11.3 Å². The number of hydrogen-bond donors (Lipinski definition) is 9. The van der Waals surface area contributed by atoms with Crippen LogP contribution >= 0.6 is 23.1 Å². The van der Waals surface area contributed by atoms with E-state index in [9.17, 15) is 63.0 Å². The van der Waals surface area contributed by atoms with Crippen LogP contribution in [0.25, 0.3) is 0 Å². The molecule has 4 rings (SSSR count). The van der Waals surface area contributed by atoms with Crippen LogP contribution in [0.5, 0.6) is 0 Å². The predicted molar refractivity (Wildman–Crippen MR) is 524 cm³/mol. The number of aromatic nitrogens is 1. The third kappa shape index (κ3) is 54.6. The van der Waals surface area contributed by atoms with E-state index in [0.29, 0.717) is 186 Å². The van der Waals surface area contributed by atoms with Gasteiger partial charge in [0.25, 0.3) is 5.91 Å². The topological polar surface area (TPSA) is 505 Å². The number of carbonyl (C=O) groups is 13. The molecule has 2 aromatic carbocycles. The summed E-state index contributed by atoms with van der Waals surface area (Å²) in [6, 6.07) is 11.2. The molecule has 0 bridgehead atoms. The number of nitrogens with zero attached hydrogens (tertiary/aromatic N) is 3. The molecule has 10 N–H and O–H groups in total. The molecule has 0 aliphatic carbocycles. The molecule has 2 heterocycles. The second-order valence-electron chi connectivity index (χ2n) is 35.6. The lowest BCUT2D eigenvalue weighted by molar-refractivity contribution is -0.941. The van der Waals surface area contributed by atoms with Gasteiger partial charge in [0.05, 0.1) is 190 Å². The largest absolute Gasteiger partial charge is 0.481 e. The fraction of sp³-hybridized carbons (Fsp3) is 0.717. The van der Waals surface area contributed by atoms with E-state index in [1.807, 2.05) is 89.7 Å². The zero-order valence-corrected chi connectivity index (χ0v) is 85.9. The number of carbonyl (C=O) groups excluding carboxylic acids is 10. The van der Waals surface area contributed by atoms with Crippen molar-refractivity contribution < 1.29 is 144 Å². The Morgan fingerprint density at radius 1 is 0.554 bits per heavy atom. The van der Waals surface area contributed by atoms with Crippen molar-refractivity contribution in [3.05, 3.63) is 87.4 Å². The van der Waals surface area contributed by atoms with E-state index in [1.54, 1.807) is 69.1 Å². The van der Waals surface area contributed by atoms with Gasteiger partial charge < -0.3 is 119 Å². The number of carboxylic acids is 3. The van der Waals surface area contributed by atoms with Gasteiger partial charge in [-0.05, 0) is 92.8 Å². The number of aliphatic carboxylic acids is 3. The van der Waals surface area contributed by atoms with Crippen LogP contribution in [0.4, 0.5) is 0 Å². The van der Waals surface area contributed by atoms with Gasteiger partial charge in [-0.3, -0.25) is 62.3 Å². The number of ether oxygens (including phenoxy) is 13. The van der Waals surface area contributed by atoms with E-state index in [4.69, 9.17) is 72.4 Å². The van der Waals surface area contributed by atoms with Gasteiger partial charge in [0.2, 0.25) is 29.5 Å². The number of unbranched alkanes of at least 4 members (excludes halogenated alkanes) is 1. The molecule has 0 spiro atoms. The number of amides is 6. The zero-order valence-electron chi connectivity index (χ0n) is 84.3. The van der Waals surface area contributed by atoms with Gasteiger partial charge in [-0.25, -0.2) is 4.98 Å². The number of likely N-dealkylation sites (N-methyl/N-ethyl adjacent to an activating group) is 1. The Morgan fingerprint density at radius 2 is 1.06 bits per heavy atom. The molecule has 1 unspecified atom stereocenters. The first-order chi connectivity index (χ1) is 66.6. The highest BCUT2D eigenvalue weighted by Crippen LogP contribution is 2.35. The maximum absolute atomic E-state index is 15.1. The Labute approximate surface area is 829 Å². The summed E-state index contributed by atoms with van der Waals surface area (Å²) in [4.78, 5) is 181. The normalized spacial score (nSPS) is 15.8. The minimum Gasteiger partial charge on any atom is -0.481 e. The summed E-state index contributed by atoms with van der Waals surface area (Å²) in [5.41, 5.74) is 8.30. The fourth-order valence-electron chi connectivity index (χ4n) is 15.5. The summed E-state index contributed by atoms with van der Waals surface area (Å²) in [5, 5.41) is 44.3. The number of Topliss-reactive ketones (excluding diaryl/α,β-unsaturated/α-hetero) is 3. The van der Waals surface area contributed by atoms with Crippen molar-refractivity contribution in [1.82, 2.24) is 36.5 Å². The molecule has 0 radical (unpaired) electrons. The first-order valence-corrected chi connectivity index (χ1v) is 51.1. The SMILES string of the molecule is CC[C@H](C)[C@H](CC(=O)[C@H]1CCCC[N+]1(C)Cc1ccc(CC(=O)[C@H](CCC(=O)O)NC(=O)[C@@H](CC(=O)[C@H](CCCCNC(=O)CCOCCOCCOCCOCCOCCOCCOCCOCCOCCOCCOCCOC)NC(=O)[C@H](CN)NC(=O)CCC(=O)O)C(C)C)cc1)C(=O)N(C)[C@H](C[C@@H](OC(C)=O)c1nc(C(=O)N[C@@H](Cc2ccccc2)C[C@H](C)C(=O)O)cs1)C(C)C.CSC. The van der Waals surface area contributed by atoms with Crippen LogP contribution in [0.15, 0.2) is 60.0 Å². The standard InChI is InChI=1S/C97H155N9O29S.C2H6S/c1-12-69(6)77(96(120)105(9)82(68(4)5)63-87(135-71(8)107)95-104-81(66-136-95)94(119)100-75(58-70(7)97(121)122)59-72-20-14-13-15-21-72)62-86(110)83-23-17-19-34-106(83,10)65-74-26-24-73(25-27-74)60-84(108)79(28-30-90(113)114)102-92(117)76(67(2)3)61-85(109)78(103-93(118)80(64-98)101-89(112)29-31-91(115)116)22-16-18-33-99-88(111)32-35-124-38-39-126-42-43-128-46-47-130-50-51-132-54-55-134-57-56-133-53-52-131-49-48-129-45-44-127-41-40-125-37-36-123-11;1-3-2/h13-15,20-21,24-27,66-70,75-80,82-83,87H,12,16-19,22-23,28-65,98H2,1-11H3,(H7-,99,100,101,102,103,111,112,113,114,115,116,117,118,119,121,122);1-2H3/p+1/t69-,70-,75+,76-,77-,78-,79-,80-,82+,83+,87+,106?;/m0./s1. The van der Waals surface area contributed by atoms with Gasteiger partial charge >= 0.3 is 23.9 Å². The highest BCUT2D eigenvalue weighted by atomic mass is 32.2. The highest BCUT2D eigenvalue weighted by molar-refractivity contribution is 7.97. The lowest BCUT2D eigenvalue weighted by Crippen LogP contribution is -2.58. The second-order valence-corrected chi connectivity index (χ2v) is 37.3. The minimum atomic E-state index is -1.37. The van der Waals surface area contributed by atoms with Crippen molar-refractivity contribution in [3.8, 4) is 0 Å². The van der Waals surface area contributed by atoms with Crippen LogP contribution in [0, 0.1) is 35.5 Å². The second kappa shape index (κ2) is 74.5. The monoisotopic (exact) mass is 2010 g/mol. The van der Waals surface area contributed by atoms with Gasteiger partial charge in [0.1, 0.15) is 29.3 Å². The lowest BCUT2D eigenvalue weighted by atomic mass is 9.82. The van der Waals surface area contributed by atoms with E-state index in [2.05, 4.69) is 31.6 Å². The molecule has 40 heteroatoms. The van der Waals surface area contributed by atoms with Crippen LogP contribution in [0.3, 0.4) is 0 Å². The summed E-state index contributed by atoms with van der Waals surface area (Å²) < 4.78 is 71.7. The molecular weight excluding hydrogens is 1840 g/mol. The summed E-state index contributed by atoms with van der Waals surface area (Å²) in [7, 11) is 5.37. The molecule has 788 valence electrons. The minimum absolute atomic E-state index is 0.0107. The third-order valence-electron chi connectivity index (χ3n) is 23.6. The number of hydrogen-bond acceptors (Lipinski definition) is 30. The number of thioether (sulfide) groups is 1. The number of likely N-dealkylation sites (tertiary alicyclic amines) is 1. The summed E-state index contributed by atoms with van der Waals surface area (Å²) in [5.74, 6) is -12.1. The number of benzene rings is 2. The van der Waals surface area contributed by atoms with E-state index >= 15 is 9.59 Å². The van der Waals surface area contributed by atoms with Crippen LogP contribution in [-0.4, -0.2) is 348 Å². The molecule has 1 saturated heterocycles. The van der Waals surface area contributed by atoms with Crippen LogP contribution in [-0.2, 0) is 139 Å². The number of thiazole rings is 1. The van der Waals surface area contributed by atoms with Crippen molar-refractivity contribution in [1.29, 1.82) is 0 Å². The molecule has 1 fully saturated rings. The number of nitrogens with two attached hydrogens (primary N) is 1. The molecular formula is C99H162N9O29S2+. The molecule has 1 aromatic heterocycles. The molecule has 12 atom stereocenters. The van der Waals surface area contributed by atoms with Crippen LogP contribution in [0.1, 0.15) is 196 Å². The van der Waals surface area contributed by atoms with Crippen molar-refractivity contribution in [2.45, 2.75) is 220 Å². The smallest absolute Gasteiger partial charge is 0.306 e. The average molecular weight is 2010 g/mol. The Morgan fingerprint density at radius 3 is 1.54 bits per heavy atom. The Hall–Kier alpha value is -8.43. The van der Waals surface area contributed by atoms with E-state index in [0.717, 1.165) is 35.3 Å². The van der Waals surface area contributed by atoms with Crippen molar-refractivity contribution in [2.75, 3.05) is 205 Å². The Kier molecular flexibility index (Phi) is 66.8. The number of esters is 1. The summed E-state index contributed by atoms with van der Waals surface area (Å²) in [6.45, 7) is 24.4. The number of rotatable bonds is 81. The summed E-state index contributed by atoms with van der Waals surface area (Å²) >= 11 is 2.88. The first kappa shape index (κ1) is 125. The number of quaternary nitrogens is 1. The number of ketones is 3. The lowest BCUT2D eigenvalue weighted by Gasteiger charge is -2.44. The Bertz CT molecular complexity index is 4010. The van der Waals surface area contributed by atoms with E-state index < -0.39 is 157 Å². The number of carboxylic acid groups (broad SMARTS) is 3. The molecule has 1 aliphatic rings. The average Bonchev–Trinajstić information content (AvgIpc) is 1.14. The maximum Gasteiger partial charge on any atom is 0.306 e. The number of methoxy groups -OCH3 is 1. The molecule has 6 amide bonds. The fourth-order valence-corrected chi connectivity index (χ4v) is 16.4. The molecule has 0 saturated carbocycles. The zero-order chi connectivity index (χ0) is 103. The van der Waals surface area contributed by atoms with E-state index in [1.165, 1.54) is 6.92 Å². The number of nitrogens with one attached hydrogen (secondary N) is 5. The van der Waals surface area contributed by atoms with Crippen LogP contribution in [0.2, 0.25) is 0 Å². The molecule has 38 nitrogen and oxygen atoms in total. The van der Waals surface area contributed by atoms with Gasteiger partial charge in [-0.1, -0.05) is 109 Å².